The van der Waals surface area contributed by atoms with Gasteiger partial charge >= 0.3 is 0 Å². The number of rotatable bonds is 7. The van der Waals surface area contributed by atoms with Crippen LogP contribution in [-0.4, -0.2) is 29.4 Å². The average molecular weight is 359 g/mol. The number of nitrogens with one attached hydrogen (secondary N) is 1. The summed E-state index contributed by atoms with van der Waals surface area (Å²) in [5, 5.41) is 9.22. The Morgan fingerprint density at radius 3 is 2.64 bits per heavy atom. The zero-order valence-electron chi connectivity index (χ0n) is 11.9. The Morgan fingerprint density at radius 2 is 2.05 bits per heavy atom. The highest BCUT2D eigenvalue weighted by Crippen LogP contribution is 2.16. The number of hydrogen-bond donors (Lipinski definition) is 1. The zero-order chi connectivity index (χ0) is 16.2. The van der Waals surface area contributed by atoms with E-state index in [9.17, 15) is 8.42 Å². The summed E-state index contributed by atoms with van der Waals surface area (Å²) < 4.78 is 28.8. The normalized spacial score (nSPS) is 11.5. The molecule has 0 amide bonds. The second kappa shape index (κ2) is 7.28. The lowest BCUT2D eigenvalue weighted by Gasteiger charge is -2.08. The van der Waals surface area contributed by atoms with Crippen LogP contribution in [0.25, 0.3) is 0 Å². The van der Waals surface area contributed by atoms with Gasteiger partial charge in [-0.05, 0) is 30.5 Å². The van der Waals surface area contributed by atoms with Crippen molar-refractivity contribution in [1.82, 2.24) is 19.5 Å². The first-order chi connectivity index (χ1) is 10.5. The van der Waals surface area contributed by atoms with Crippen molar-refractivity contribution in [2.75, 3.05) is 6.26 Å². The number of allylic oxidation sites excluding steroid dienone is 1. The third-order valence-corrected chi connectivity index (χ3v) is 5.17. The molecular weight excluding hydrogens is 344 g/mol. The van der Waals surface area contributed by atoms with E-state index in [1.807, 2.05) is 10.8 Å². The number of hydrogen-bond acceptors (Lipinski definition) is 5. The van der Waals surface area contributed by atoms with E-state index in [0.29, 0.717) is 22.5 Å². The molecule has 0 aliphatic carbocycles. The Kier molecular flexibility index (Phi) is 5.63. The molecule has 0 atom stereocenters. The van der Waals surface area contributed by atoms with E-state index in [4.69, 9.17) is 11.6 Å². The van der Waals surface area contributed by atoms with Crippen molar-refractivity contribution in [1.29, 1.82) is 0 Å². The second-order valence-electron chi connectivity index (χ2n) is 4.28. The summed E-state index contributed by atoms with van der Waals surface area (Å²) in [4.78, 5) is 0.150. The molecule has 0 saturated carbocycles. The minimum absolute atomic E-state index is 0.0480. The van der Waals surface area contributed by atoms with Crippen molar-refractivity contribution in [2.24, 2.45) is 0 Å². The van der Waals surface area contributed by atoms with Crippen molar-refractivity contribution >= 4 is 33.4 Å². The Labute approximate surface area is 138 Å². The molecule has 0 aliphatic heterocycles. The van der Waals surface area contributed by atoms with Gasteiger partial charge in [0.1, 0.15) is 5.82 Å². The summed E-state index contributed by atoms with van der Waals surface area (Å²) in [7, 11) is -3.63. The quantitative estimate of drug-likeness (QED) is 0.607. The van der Waals surface area contributed by atoms with E-state index in [1.165, 1.54) is 36.0 Å². The van der Waals surface area contributed by atoms with Crippen LogP contribution >= 0.6 is 23.4 Å². The van der Waals surface area contributed by atoms with E-state index in [2.05, 4.69) is 21.5 Å². The summed E-state index contributed by atoms with van der Waals surface area (Å²) in [6.07, 6.45) is 3.59. The smallest absolute Gasteiger partial charge is 0.240 e. The highest BCUT2D eigenvalue weighted by atomic mass is 35.5. The molecule has 0 spiro atoms. The maximum Gasteiger partial charge on any atom is 0.240 e. The van der Waals surface area contributed by atoms with Gasteiger partial charge in [0.15, 0.2) is 5.16 Å². The zero-order valence-corrected chi connectivity index (χ0v) is 14.2. The maximum atomic E-state index is 12.2. The van der Waals surface area contributed by atoms with Crippen LogP contribution in [0.4, 0.5) is 0 Å². The molecule has 0 aliphatic rings. The van der Waals surface area contributed by atoms with Gasteiger partial charge in [-0.15, -0.1) is 16.8 Å². The highest BCUT2D eigenvalue weighted by Gasteiger charge is 2.16. The fourth-order valence-corrected chi connectivity index (χ4v) is 3.40. The molecule has 118 valence electrons. The molecule has 1 N–H and O–H groups in total. The van der Waals surface area contributed by atoms with Crippen molar-refractivity contribution in [3.8, 4) is 0 Å². The van der Waals surface area contributed by atoms with E-state index in [0.717, 1.165) is 0 Å². The number of halogens is 1. The SMILES string of the molecule is C=CCn1c(CNS(=O)(=O)c2ccc(Cl)cc2)nnc1SC. The van der Waals surface area contributed by atoms with Crippen molar-refractivity contribution in [3.63, 3.8) is 0 Å². The maximum absolute atomic E-state index is 12.2. The molecule has 22 heavy (non-hydrogen) atoms. The van der Waals surface area contributed by atoms with E-state index in [-0.39, 0.29) is 11.4 Å². The van der Waals surface area contributed by atoms with Gasteiger partial charge in [0, 0.05) is 11.6 Å². The first-order valence-corrected chi connectivity index (χ1v) is 9.38. The third-order valence-electron chi connectivity index (χ3n) is 2.83. The standard InChI is InChI=1S/C13H15ClN4O2S2/c1-3-8-18-12(16-17-13(18)21-2)9-15-22(19,20)11-6-4-10(14)5-7-11/h3-7,15H,1,8-9H2,2H3. The molecule has 0 unspecified atom stereocenters. The van der Waals surface area contributed by atoms with Crippen LogP contribution in [0.1, 0.15) is 5.82 Å². The molecule has 1 aromatic carbocycles. The summed E-state index contributed by atoms with van der Waals surface area (Å²) in [5.74, 6) is 0.529. The topological polar surface area (TPSA) is 76.9 Å². The van der Waals surface area contributed by atoms with Crippen LogP contribution in [-0.2, 0) is 23.1 Å². The Hall–Kier alpha value is -1.35. The predicted octanol–water partition coefficient (Wildman–Crippen LogP) is 2.32. The first-order valence-electron chi connectivity index (χ1n) is 6.30. The van der Waals surface area contributed by atoms with Crippen molar-refractivity contribution < 1.29 is 8.42 Å². The Morgan fingerprint density at radius 1 is 1.36 bits per heavy atom. The molecule has 0 fully saturated rings. The fraction of sp³-hybridized carbons (Fsp3) is 0.231. The first kappa shape index (κ1) is 17.0. The number of benzene rings is 1. The average Bonchev–Trinajstić information content (AvgIpc) is 2.88. The molecule has 2 aromatic rings. The fourth-order valence-electron chi connectivity index (χ4n) is 1.77. The molecular formula is C13H15ClN4O2S2. The van der Waals surface area contributed by atoms with E-state index >= 15 is 0 Å². The summed E-state index contributed by atoms with van der Waals surface area (Å²) in [5.41, 5.74) is 0. The van der Waals surface area contributed by atoms with Gasteiger partial charge < -0.3 is 4.57 Å². The summed E-state index contributed by atoms with van der Waals surface area (Å²) in [6.45, 7) is 4.24. The van der Waals surface area contributed by atoms with Crippen LogP contribution in [0.5, 0.6) is 0 Å². The van der Waals surface area contributed by atoms with Gasteiger partial charge in [0.2, 0.25) is 10.0 Å². The summed E-state index contributed by atoms with van der Waals surface area (Å²) >= 11 is 7.20. The minimum Gasteiger partial charge on any atom is -0.301 e. The number of sulfonamides is 1. The lowest BCUT2D eigenvalue weighted by Crippen LogP contribution is -2.25. The highest BCUT2D eigenvalue weighted by molar-refractivity contribution is 7.98. The Bertz CT molecular complexity index is 757. The van der Waals surface area contributed by atoms with Gasteiger partial charge in [-0.2, -0.15) is 0 Å². The lowest BCUT2D eigenvalue weighted by atomic mass is 10.4. The van der Waals surface area contributed by atoms with Crippen LogP contribution in [0.15, 0.2) is 47.0 Å². The molecule has 1 aromatic heterocycles. The lowest BCUT2D eigenvalue weighted by molar-refractivity contribution is 0.574. The number of nitrogens with zero attached hydrogens (tertiary/aromatic N) is 3. The van der Waals surface area contributed by atoms with Crippen LogP contribution in [0.3, 0.4) is 0 Å². The minimum atomic E-state index is -3.63. The van der Waals surface area contributed by atoms with Crippen LogP contribution < -0.4 is 4.72 Å². The van der Waals surface area contributed by atoms with E-state index in [1.54, 1.807) is 6.08 Å². The van der Waals surface area contributed by atoms with Gasteiger partial charge in [-0.3, -0.25) is 0 Å². The third kappa shape index (κ3) is 3.89. The van der Waals surface area contributed by atoms with Crippen molar-refractivity contribution in [2.45, 2.75) is 23.1 Å². The van der Waals surface area contributed by atoms with Gasteiger partial charge in [-0.25, -0.2) is 13.1 Å². The van der Waals surface area contributed by atoms with Gasteiger partial charge in [0.05, 0.1) is 11.4 Å². The predicted molar refractivity (Wildman–Crippen MR) is 87.5 cm³/mol. The van der Waals surface area contributed by atoms with Gasteiger partial charge in [0.25, 0.3) is 0 Å². The molecule has 2 rings (SSSR count). The Balaban J connectivity index is 2.17. The van der Waals surface area contributed by atoms with E-state index < -0.39 is 10.0 Å². The molecule has 1 heterocycles. The van der Waals surface area contributed by atoms with Crippen LogP contribution in [0.2, 0.25) is 5.02 Å². The second-order valence-corrected chi connectivity index (χ2v) is 7.26. The largest absolute Gasteiger partial charge is 0.301 e. The molecule has 0 radical (unpaired) electrons. The molecule has 0 saturated heterocycles. The monoisotopic (exact) mass is 358 g/mol. The number of aromatic nitrogens is 3. The summed E-state index contributed by atoms with van der Waals surface area (Å²) in [6, 6.07) is 5.96. The van der Waals surface area contributed by atoms with Gasteiger partial charge in [-0.1, -0.05) is 29.4 Å². The molecule has 9 heteroatoms. The molecule has 6 nitrogen and oxygen atoms in total. The number of thioether (sulfide) groups is 1. The molecule has 0 bridgehead atoms. The van der Waals surface area contributed by atoms with Crippen molar-refractivity contribution in [3.05, 3.63) is 47.8 Å². The van der Waals surface area contributed by atoms with Crippen LogP contribution in [0, 0.1) is 0 Å².